The van der Waals surface area contributed by atoms with Gasteiger partial charge in [0.2, 0.25) is 0 Å². The lowest BCUT2D eigenvalue weighted by molar-refractivity contribution is -0.118. The summed E-state index contributed by atoms with van der Waals surface area (Å²) in [6.07, 6.45) is 6.82. The summed E-state index contributed by atoms with van der Waals surface area (Å²) in [6.45, 7) is 1.77. The van der Waals surface area contributed by atoms with E-state index in [1.54, 1.807) is 6.07 Å². The van der Waals surface area contributed by atoms with Crippen molar-refractivity contribution in [3.63, 3.8) is 0 Å². The first kappa shape index (κ1) is 17.8. The predicted molar refractivity (Wildman–Crippen MR) is 105 cm³/mol. The maximum absolute atomic E-state index is 13.7. The molecule has 2 aromatic rings. The molecule has 1 amide bonds. The molecule has 5 heteroatoms. The molecule has 1 fully saturated rings. The third kappa shape index (κ3) is 4.24. The molecule has 0 aromatic heterocycles. The van der Waals surface area contributed by atoms with Crippen LogP contribution in [0, 0.1) is 5.82 Å². The van der Waals surface area contributed by atoms with Crippen LogP contribution in [-0.2, 0) is 17.6 Å². The van der Waals surface area contributed by atoms with E-state index in [0.29, 0.717) is 11.4 Å². The molecule has 27 heavy (non-hydrogen) atoms. The third-order valence-electron chi connectivity index (χ3n) is 5.37. The van der Waals surface area contributed by atoms with Gasteiger partial charge in [-0.05, 0) is 80.0 Å². The predicted octanol–water partition coefficient (Wildman–Crippen LogP) is 4.32. The number of anilines is 2. The van der Waals surface area contributed by atoms with Crippen molar-refractivity contribution in [1.29, 1.82) is 0 Å². The monoisotopic (exact) mass is 368 g/mol. The summed E-state index contributed by atoms with van der Waals surface area (Å²) in [4.78, 5) is 14.6. The highest BCUT2D eigenvalue weighted by Crippen LogP contribution is 2.30. The molecule has 0 bridgehead atoms. The van der Waals surface area contributed by atoms with Crippen molar-refractivity contribution in [2.75, 3.05) is 29.9 Å². The Morgan fingerprint density at radius 1 is 1.00 bits per heavy atom. The number of rotatable bonds is 5. The molecular formula is C22H25FN2O2. The summed E-state index contributed by atoms with van der Waals surface area (Å²) >= 11 is 0. The van der Waals surface area contributed by atoms with Gasteiger partial charge in [0.05, 0.1) is 11.4 Å². The highest BCUT2D eigenvalue weighted by atomic mass is 19.1. The second-order valence-electron chi connectivity index (χ2n) is 7.33. The van der Waals surface area contributed by atoms with Gasteiger partial charge in [0.15, 0.2) is 6.61 Å². The second kappa shape index (κ2) is 7.99. The van der Waals surface area contributed by atoms with E-state index in [1.807, 2.05) is 12.1 Å². The van der Waals surface area contributed by atoms with Crippen LogP contribution in [0.25, 0.3) is 0 Å². The molecular weight excluding hydrogens is 343 g/mol. The third-order valence-corrected chi connectivity index (χ3v) is 5.37. The number of nitrogens with zero attached hydrogens (tertiary/aromatic N) is 1. The zero-order chi connectivity index (χ0) is 18.6. The van der Waals surface area contributed by atoms with E-state index in [1.165, 1.54) is 36.1 Å². The SMILES string of the molecule is O=C(COc1ccc2c(c1)CCC2)Nc1cc(F)ccc1N1CCCCC1. The van der Waals surface area contributed by atoms with E-state index in [4.69, 9.17) is 4.74 Å². The molecule has 0 atom stereocenters. The Morgan fingerprint density at radius 2 is 1.81 bits per heavy atom. The minimum absolute atomic E-state index is 0.0886. The fourth-order valence-electron chi connectivity index (χ4n) is 3.99. The van der Waals surface area contributed by atoms with Crippen molar-refractivity contribution in [2.45, 2.75) is 38.5 Å². The van der Waals surface area contributed by atoms with Crippen LogP contribution in [0.4, 0.5) is 15.8 Å². The Bertz CT molecular complexity index is 831. The standard InChI is InChI=1S/C22H25FN2O2/c23-18-8-10-21(25-11-2-1-3-12-25)20(14-18)24-22(26)15-27-19-9-7-16-5-4-6-17(16)13-19/h7-10,13-14H,1-6,11-12,15H2,(H,24,26). The van der Waals surface area contributed by atoms with Crippen LogP contribution in [0.5, 0.6) is 5.75 Å². The first-order valence-electron chi connectivity index (χ1n) is 9.78. The van der Waals surface area contributed by atoms with E-state index in [0.717, 1.165) is 44.5 Å². The summed E-state index contributed by atoms with van der Waals surface area (Å²) in [5.74, 6) is 0.0752. The van der Waals surface area contributed by atoms with Crippen molar-refractivity contribution < 1.29 is 13.9 Å². The van der Waals surface area contributed by atoms with E-state index >= 15 is 0 Å². The lowest BCUT2D eigenvalue weighted by Gasteiger charge is -2.30. The number of carbonyl (C=O) groups excluding carboxylic acids is 1. The van der Waals surface area contributed by atoms with Gasteiger partial charge in [-0.2, -0.15) is 0 Å². The minimum Gasteiger partial charge on any atom is -0.484 e. The van der Waals surface area contributed by atoms with E-state index in [2.05, 4.69) is 16.3 Å². The number of hydrogen-bond donors (Lipinski definition) is 1. The quantitative estimate of drug-likeness (QED) is 0.854. The van der Waals surface area contributed by atoms with Gasteiger partial charge in [0.1, 0.15) is 11.6 Å². The molecule has 0 unspecified atom stereocenters. The topological polar surface area (TPSA) is 41.6 Å². The minimum atomic E-state index is -0.356. The van der Waals surface area contributed by atoms with Crippen molar-refractivity contribution in [1.82, 2.24) is 0 Å². The van der Waals surface area contributed by atoms with E-state index < -0.39 is 0 Å². The largest absolute Gasteiger partial charge is 0.484 e. The van der Waals surface area contributed by atoms with Crippen molar-refractivity contribution in [3.8, 4) is 5.75 Å². The van der Waals surface area contributed by atoms with Crippen LogP contribution in [-0.4, -0.2) is 25.6 Å². The zero-order valence-corrected chi connectivity index (χ0v) is 15.5. The molecule has 1 aliphatic heterocycles. The second-order valence-corrected chi connectivity index (χ2v) is 7.33. The molecule has 1 N–H and O–H groups in total. The molecule has 142 valence electrons. The van der Waals surface area contributed by atoms with Gasteiger partial charge in [-0.25, -0.2) is 4.39 Å². The number of halogens is 1. The van der Waals surface area contributed by atoms with E-state index in [9.17, 15) is 9.18 Å². The Morgan fingerprint density at radius 3 is 2.67 bits per heavy atom. The zero-order valence-electron chi connectivity index (χ0n) is 15.5. The van der Waals surface area contributed by atoms with Crippen LogP contribution < -0.4 is 15.0 Å². The number of hydrogen-bond acceptors (Lipinski definition) is 3. The molecule has 0 saturated carbocycles. The fourth-order valence-corrected chi connectivity index (χ4v) is 3.99. The van der Waals surface area contributed by atoms with Crippen molar-refractivity contribution in [2.24, 2.45) is 0 Å². The lowest BCUT2D eigenvalue weighted by atomic mass is 10.1. The summed E-state index contributed by atoms with van der Waals surface area (Å²) < 4.78 is 19.4. The highest BCUT2D eigenvalue weighted by molar-refractivity contribution is 5.95. The summed E-state index contributed by atoms with van der Waals surface area (Å²) in [5, 5.41) is 2.83. The number of aryl methyl sites for hydroxylation is 2. The molecule has 2 aliphatic rings. The summed E-state index contributed by atoms with van der Waals surface area (Å²) in [6, 6.07) is 10.6. The number of carbonyl (C=O) groups is 1. The summed E-state index contributed by atoms with van der Waals surface area (Å²) in [7, 11) is 0. The molecule has 0 radical (unpaired) electrons. The molecule has 4 nitrogen and oxygen atoms in total. The Kier molecular flexibility index (Phi) is 5.28. The smallest absolute Gasteiger partial charge is 0.262 e. The number of fused-ring (bicyclic) bond motifs is 1. The van der Waals surface area contributed by atoms with Gasteiger partial charge >= 0.3 is 0 Å². The maximum atomic E-state index is 13.7. The molecule has 1 saturated heterocycles. The van der Waals surface area contributed by atoms with E-state index in [-0.39, 0.29) is 18.3 Å². The van der Waals surface area contributed by atoms with Crippen LogP contribution in [0.15, 0.2) is 36.4 Å². The molecule has 2 aromatic carbocycles. The van der Waals surface area contributed by atoms with Gasteiger partial charge in [-0.15, -0.1) is 0 Å². The van der Waals surface area contributed by atoms with Gasteiger partial charge in [-0.1, -0.05) is 6.07 Å². The number of piperidine rings is 1. The first-order chi connectivity index (χ1) is 13.2. The van der Waals surface area contributed by atoms with Gasteiger partial charge < -0.3 is 15.0 Å². The Labute approximate surface area is 159 Å². The van der Waals surface area contributed by atoms with Crippen LogP contribution in [0.3, 0.4) is 0 Å². The molecule has 0 spiro atoms. The van der Waals surface area contributed by atoms with Crippen LogP contribution >= 0.6 is 0 Å². The molecule has 4 rings (SSSR count). The highest BCUT2D eigenvalue weighted by Gasteiger charge is 2.17. The normalized spacial score (nSPS) is 16.1. The van der Waals surface area contributed by atoms with Crippen molar-refractivity contribution in [3.05, 3.63) is 53.3 Å². The Hall–Kier alpha value is -2.56. The van der Waals surface area contributed by atoms with Crippen molar-refractivity contribution >= 4 is 17.3 Å². The fraction of sp³-hybridized carbons (Fsp3) is 0.409. The molecule has 1 heterocycles. The van der Waals surface area contributed by atoms with Gasteiger partial charge in [-0.3, -0.25) is 4.79 Å². The van der Waals surface area contributed by atoms with Crippen LogP contribution in [0.1, 0.15) is 36.8 Å². The number of ether oxygens (including phenoxy) is 1. The number of benzene rings is 2. The molecule has 1 aliphatic carbocycles. The number of nitrogens with one attached hydrogen (secondary N) is 1. The average Bonchev–Trinajstić information content (AvgIpc) is 3.15. The maximum Gasteiger partial charge on any atom is 0.262 e. The van der Waals surface area contributed by atoms with Gasteiger partial charge in [0.25, 0.3) is 5.91 Å². The van der Waals surface area contributed by atoms with Gasteiger partial charge in [0, 0.05) is 13.1 Å². The summed E-state index contributed by atoms with van der Waals surface area (Å²) in [5.41, 5.74) is 4.07. The lowest BCUT2D eigenvalue weighted by Crippen LogP contribution is -2.31. The van der Waals surface area contributed by atoms with Crippen LogP contribution in [0.2, 0.25) is 0 Å². The Balaban J connectivity index is 1.41. The first-order valence-corrected chi connectivity index (χ1v) is 9.78. The average molecular weight is 368 g/mol. The number of amides is 1.